The largest absolute Gasteiger partial charge is 0.391 e. The van der Waals surface area contributed by atoms with Crippen molar-refractivity contribution < 1.29 is 5.11 Å². The molecule has 0 spiro atoms. The predicted molar refractivity (Wildman–Crippen MR) is 87.6 cm³/mol. The summed E-state index contributed by atoms with van der Waals surface area (Å²) in [6, 6.07) is 10.5. The van der Waals surface area contributed by atoms with Gasteiger partial charge in [0, 0.05) is 25.0 Å². The Kier molecular flexibility index (Phi) is 5.23. The number of aliphatic hydroxyl groups excluding tert-OH is 1. The summed E-state index contributed by atoms with van der Waals surface area (Å²) in [6.07, 6.45) is 0.600. The first-order valence-electron chi connectivity index (χ1n) is 7.80. The van der Waals surface area contributed by atoms with Crippen LogP contribution in [0.25, 0.3) is 0 Å². The Hall–Kier alpha value is -1.55. The lowest BCUT2D eigenvalue weighted by Gasteiger charge is -2.26. The van der Waals surface area contributed by atoms with Crippen molar-refractivity contribution in [2.75, 3.05) is 26.2 Å². The van der Waals surface area contributed by atoms with Gasteiger partial charge in [0.1, 0.15) is 0 Å². The van der Waals surface area contributed by atoms with Crippen LogP contribution in [0.2, 0.25) is 0 Å². The second-order valence-corrected chi connectivity index (χ2v) is 6.31. The van der Waals surface area contributed by atoms with Crippen LogP contribution in [0.5, 0.6) is 0 Å². The van der Waals surface area contributed by atoms with Crippen LogP contribution in [-0.2, 0) is 5.41 Å². The highest BCUT2D eigenvalue weighted by Gasteiger charge is 2.25. The Balaban J connectivity index is 2.08. The number of aliphatic imine (C=N–C) groups is 1. The van der Waals surface area contributed by atoms with Crippen molar-refractivity contribution in [2.24, 2.45) is 4.99 Å². The Morgan fingerprint density at radius 2 is 2.10 bits per heavy atom. The van der Waals surface area contributed by atoms with Gasteiger partial charge in [-0.15, -0.1) is 0 Å². The van der Waals surface area contributed by atoms with E-state index in [0.717, 1.165) is 32.0 Å². The molecule has 1 aromatic carbocycles. The average molecular weight is 289 g/mol. The molecule has 2 N–H and O–H groups in total. The van der Waals surface area contributed by atoms with E-state index in [1.54, 1.807) is 0 Å². The molecule has 1 fully saturated rings. The summed E-state index contributed by atoms with van der Waals surface area (Å²) < 4.78 is 0. The van der Waals surface area contributed by atoms with Crippen LogP contribution in [0.15, 0.2) is 35.3 Å². The predicted octanol–water partition coefficient (Wildman–Crippen LogP) is 2.00. The third kappa shape index (κ3) is 4.21. The van der Waals surface area contributed by atoms with E-state index in [1.807, 2.05) is 6.07 Å². The molecule has 0 unspecified atom stereocenters. The average Bonchev–Trinajstić information content (AvgIpc) is 2.91. The maximum absolute atomic E-state index is 9.70. The van der Waals surface area contributed by atoms with Gasteiger partial charge in [-0.05, 0) is 18.9 Å². The smallest absolute Gasteiger partial charge is 0.194 e. The SMILES string of the molecule is CCNC(=NCC(C)(C)c1ccccc1)N1CC[C@@H](O)C1. The number of nitrogens with zero attached hydrogens (tertiary/aromatic N) is 2. The molecule has 1 aromatic rings. The van der Waals surface area contributed by atoms with Crippen molar-refractivity contribution in [3.8, 4) is 0 Å². The second-order valence-electron chi connectivity index (χ2n) is 6.31. The first kappa shape index (κ1) is 15.8. The van der Waals surface area contributed by atoms with Gasteiger partial charge < -0.3 is 15.3 Å². The molecule has 4 nitrogen and oxygen atoms in total. The summed E-state index contributed by atoms with van der Waals surface area (Å²) in [6.45, 7) is 9.63. The Labute approximate surface area is 127 Å². The van der Waals surface area contributed by atoms with E-state index in [0.29, 0.717) is 6.54 Å². The molecule has 0 aromatic heterocycles. The minimum atomic E-state index is -0.226. The number of likely N-dealkylation sites (tertiary alicyclic amines) is 1. The molecule has 1 saturated heterocycles. The second kappa shape index (κ2) is 6.94. The van der Waals surface area contributed by atoms with Crippen LogP contribution < -0.4 is 5.32 Å². The highest BCUT2D eigenvalue weighted by Crippen LogP contribution is 2.23. The van der Waals surface area contributed by atoms with Crippen LogP contribution in [0, 0.1) is 0 Å². The van der Waals surface area contributed by atoms with Gasteiger partial charge >= 0.3 is 0 Å². The van der Waals surface area contributed by atoms with Gasteiger partial charge in [0.25, 0.3) is 0 Å². The molecule has 0 amide bonds. The number of rotatable bonds is 4. The van der Waals surface area contributed by atoms with Crippen LogP contribution in [0.4, 0.5) is 0 Å². The maximum atomic E-state index is 9.70. The lowest BCUT2D eigenvalue weighted by atomic mass is 9.85. The summed E-state index contributed by atoms with van der Waals surface area (Å²) in [5, 5.41) is 13.0. The molecule has 4 heteroatoms. The van der Waals surface area contributed by atoms with Crippen LogP contribution >= 0.6 is 0 Å². The lowest BCUT2D eigenvalue weighted by Crippen LogP contribution is -2.41. The number of β-amino-alcohol motifs (C(OH)–C–C–N with tert-alkyl or cyclic N) is 1. The van der Waals surface area contributed by atoms with E-state index in [2.05, 4.69) is 55.3 Å². The first-order valence-corrected chi connectivity index (χ1v) is 7.80. The third-order valence-corrected chi connectivity index (χ3v) is 3.98. The van der Waals surface area contributed by atoms with Gasteiger partial charge in [0.2, 0.25) is 0 Å². The number of nitrogens with one attached hydrogen (secondary N) is 1. The molecule has 1 aliphatic heterocycles. The number of hydrogen-bond donors (Lipinski definition) is 2. The van der Waals surface area contributed by atoms with Crippen LogP contribution in [-0.4, -0.2) is 48.2 Å². The quantitative estimate of drug-likeness (QED) is 0.658. The fraction of sp³-hybridized carbons (Fsp3) is 0.588. The van der Waals surface area contributed by atoms with Gasteiger partial charge in [0.15, 0.2) is 5.96 Å². The van der Waals surface area contributed by atoms with Crippen molar-refractivity contribution in [1.82, 2.24) is 10.2 Å². The number of hydrogen-bond acceptors (Lipinski definition) is 2. The van der Waals surface area contributed by atoms with Crippen molar-refractivity contribution >= 4 is 5.96 Å². The van der Waals surface area contributed by atoms with Gasteiger partial charge in [-0.2, -0.15) is 0 Å². The van der Waals surface area contributed by atoms with E-state index < -0.39 is 0 Å². The van der Waals surface area contributed by atoms with Crippen LogP contribution in [0.1, 0.15) is 32.8 Å². The highest BCUT2D eigenvalue weighted by atomic mass is 16.3. The number of aliphatic hydroxyl groups is 1. The number of guanidine groups is 1. The third-order valence-electron chi connectivity index (χ3n) is 3.98. The van der Waals surface area contributed by atoms with E-state index in [9.17, 15) is 5.11 Å². The van der Waals surface area contributed by atoms with Gasteiger partial charge in [-0.1, -0.05) is 44.2 Å². The van der Waals surface area contributed by atoms with Gasteiger partial charge in [-0.3, -0.25) is 4.99 Å². The van der Waals surface area contributed by atoms with Gasteiger partial charge in [0.05, 0.1) is 12.6 Å². The zero-order chi connectivity index (χ0) is 15.3. The molecule has 0 aliphatic carbocycles. The van der Waals surface area contributed by atoms with E-state index in [4.69, 9.17) is 4.99 Å². The molecule has 0 bridgehead atoms. The zero-order valence-corrected chi connectivity index (χ0v) is 13.3. The molecule has 116 valence electrons. The number of benzene rings is 1. The Morgan fingerprint density at radius 3 is 2.67 bits per heavy atom. The standard InChI is InChI=1S/C17H27N3O/c1-4-18-16(20-11-10-15(21)12-20)19-13-17(2,3)14-8-6-5-7-9-14/h5-9,15,21H,4,10-13H2,1-3H3,(H,18,19)/t15-/m1/s1. The Morgan fingerprint density at radius 1 is 1.38 bits per heavy atom. The fourth-order valence-corrected chi connectivity index (χ4v) is 2.61. The molecular formula is C17H27N3O. The topological polar surface area (TPSA) is 47.9 Å². The fourth-order valence-electron chi connectivity index (χ4n) is 2.61. The molecular weight excluding hydrogens is 262 g/mol. The highest BCUT2D eigenvalue weighted by molar-refractivity contribution is 5.80. The minimum absolute atomic E-state index is 0.000270. The molecule has 1 atom stereocenters. The normalized spacial score (nSPS) is 19.9. The van der Waals surface area contributed by atoms with E-state index in [-0.39, 0.29) is 11.5 Å². The summed E-state index contributed by atoms with van der Waals surface area (Å²) in [4.78, 5) is 6.95. The summed E-state index contributed by atoms with van der Waals surface area (Å²) in [7, 11) is 0. The van der Waals surface area contributed by atoms with E-state index >= 15 is 0 Å². The summed E-state index contributed by atoms with van der Waals surface area (Å²) >= 11 is 0. The first-order chi connectivity index (χ1) is 10.0. The summed E-state index contributed by atoms with van der Waals surface area (Å²) in [5.74, 6) is 0.915. The zero-order valence-electron chi connectivity index (χ0n) is 13.3. The van der Waals surface area contributed by atoms with E-state index in [1.165, 1.54) is 5.56 Å². The monoisotopic (exact) mass is 289 g/mol. The summed E-state index contributed by atoms with van der Waals surface area (Å²) in [5.41, 5.74) is 1.30. The molecule has 21 heavy (non-hydrogen) atoms. The van der Waals surface area contributed by atoms with Crippen molar-refractivity contribution in [3.05, 3.63) is 35.9 Å². The maximum Gasteiger partial charge on any atom is 0.194 e. The van der Waals surface area contributed by atoms with Gasteiger partial charge in [-0.25, -0.2) is 0 Å². The lowest BCUT2D eigenvalue weighted by molar-refractivity contribution is 0.187. The molecule has 2 rings (SSSR count). The molecule has 0 radical (unpaired) electrons. The molecule has 1 heterocycles. The molecule has 0 saturated carbocycles. The van der Waals surface area contributed by atoms with Crippen molar-refractivity contribution in [3.63, 3.8) is 0 Å². The molecule has 1 aliphatic rings. The Bertz CT molecular complexity index is 470. The van der Waals surface area contributed by atoms with Crippen molar-refractivity contribution in [2.45, 2.75) is 38.7 Å². The van der Waals surface area contributed by atoms with Crippen LogP contribution in [0.3, 0.4) is 0 Å². The minimum Gasteiger partial charge on any atom is -0.391 e. The van der Waals surface area contributed by atoms with Crippen molar-refractivity contribution in [1.29, 1.82) is 0 Å².